The van der Waals surface area contributed by atoms with Crippen molar-refractivity contribution in [2.24, 2.45) is 5.92 Å². The SMILES string of the molecule is Clc1nc2ccc(I)cc2c(Cl)c1CC1CC1. The van der Waals surface area contributed by atoms with Gasteiger partial charge in [-0.3, -0.25) is 0 Å². The summed E-state index contributed by atoms with van der Waals surface area (Å²) in [6.07, 6.45) is 3.54. The summed E-state index contributed by atoms with van der Waals surface area (Å²) in [4.78, 5) is 4.44. The second-order valence-electron chi connectivity index (χ2n) is 4.50. The van der Waals surface area contributed by atoms with Crippen LogP contribution in [-0.4, -0.2) is 4.98 Å². The smallest absolute Gasteiger partial charge is 0.134 e. The lowest BCUT2D eigenvalue weighted by Crippen LogP contribution is -1.95. The Kier molecular flexibility index (Phi) is 3.22. The molecule has 1 fully saturated rings. The van der Waals surface area contributed by atoms with E-state index in [0.29, 0.717) is 5.15 Å². The summed E-state index contributed by atoms with van der Waals surface area (Å²) in [5.41, 5.74) is 1.89. The summed E-state index contributed by atoms with van der Waals surface area (Å²) < 4.78 is 1.17. The number of halogens is 3. The quantitative estimate of drug-likeness (QED) is 0.524. The Morgan fingerprint density at radius 1 is 1.29 bits per heavy atom. The van der Waals surface area contributed by atoms with E-state index in [1.54, 1.807) is 0 Å². The van der Waals surface area contributed by atoms with Gasteiger partial charge in [-0.15, -0.1) is 0 Å². The van der Waals surface area contributed by atoms with Gasteiger partial charge in [0.2, 0.25) is 0 Å². The molecule has 1 aromatic heterocycles. The van der Waals surface area contributed by atoms with Crippen molar-refractivity contribution in [3.8, 4) is 0 Å². The Morgan fingerprint density at radius 2 is 2.06 bits per heavy atom. The molecule has 1 aliphatic rings. The molecule has 3 rings (SSSR count). The third-order valence-corrected chi connectivity index (χ3v) is 4.53. The van der Waals surface area contributed by atoms with Gasteiger partial charge in [0.25, 0.3) is 0 Å². The molecule has 2 aromatic rings. The van der Waals surface area contributed by atoms with Crippen molar-refractivity contribution < 1.29 is 0 Å². The molecule has 0 radical (unpaired) electrons. The molecule has 17 heavy (non-hydrogen) atoms. The number of nitrogens with zero attached hydrogens (tertiary/aromatic N) is 1. The average Bonchev–Trinajstić information content (AvgIpc) is 3.09. The van der Waals surface area contributed by atoms with Gasteiger partial charge in [-0.25, -0.2) is 4.98 Å². The first-order valence-corrected chi connectivity index (χ1v) is 7.42. The first kappa shape index (κ1) is 12.0. The van der Waals surface area contributed by atoms with Crippen LogP contribution in [0.3, 0.4) is 0 Å². The molecule has 0 unspecified atom stereocenters. The minimum Gasteiger partial charge on any atom is -0.236 e. The highest BCUT2D eigenvalue weighted by atomic mass is 127. The summed E-state index contributed by atoms with van der Waals surface area (Å²) in [5, 5.41) is 2.36. The Bertz CT molecular complexity index is 593. The average molecular weight is 378 g/mol. The van der Waals surface area contributed by atoms with Crippen LogP contribution < -0.4 is 0 Å². The van der Waals surface area contributed by atoms with Gasteiger partial charge in [-0.05, 0) is 66.0 Å². The molecule has 1 aliphatic carbocycles. The predicted molar refractivity (Wildman–Crippen MR) is 80.9 cm³/mol. The van der Waals surface area contributed by atoms with Crippen LogP contribution in [0.15, 0.2) is 18.2 Å². The Labute approximate surface area is 124 Å². The van der Waals surface area contributed by atoms with Crippen LogP contribution in [0.1, 0.15) is 18.4 Å². The van der Waals surface area contributed by atoms with Crippen molar-refractivity contribution in [3.05, 3.63) is 37.5 Å². The van der Waals surface area contributed by atoms with E-state index in [4.69, 9.17) is 23.2 Å². The Morgan fingerprint density at radius 3 is 2.76 bits per heavy atom. The molecule has 0 amide bonds. The van der Waals surface area contributed by atoms with Crippen molar-refractivity contribution in [2.45, 2.75) is 19.3 Å². The molecular weight excluding hydrogens is 368 g/mol. The number of aromatic nitrogens is 1. The van der Waals surface area contributed by atoms with E-state index in [1.165, 1.54) is 16.4 Å². The molecule has 0 atom stereocenters. The van der Waals surface area contributed by atoms with Crippen molar-refractivity contribution in [2.75, 3.05) is 0 Å². The van der Waals surface area contributed by atoms with Gasteiger partial charge in [-0.1, -0.05) is 23.2 Å². The monoisotopic (exact) mass is 377 g/mol. The summed E-state index contributed by atoms with van der Waals surface area (Å²) in [5.74, 6) is 0.757. The number of fused-ring (bicyclic) bond motifs is 1. The highest BCUT2D eigenvalue weighted by Crippen LogP contribution is 2.39. The Hall–Kier alpha value is -0.0600. The zero-order chi connectivity index (χ0) is 12.0. The van der Waals surface area contributed by atoms with E-state index in [9.17, 15) is 0 Å². The summed E-state index contributed by atoms with van der Waals surface area (Å²) in [7, 11) is 0. The lowest BCUT2D eigenvalue weighted by Gasteiger charge is -2.09. The summed E-state index contributed by atoms with van der Waals surface area (Å²) >= 11 is 15.0. The highest BCUT2D eigenvalue weighted by molar-refractivity contribution is 14.1. The molecule has 1 nitrogen and oxygen atoms in total. The van der Waals surface area contributed by atoms with Gasteiger partial charge < -0.3 is 0 Å². The van der Waals surface area contributed by atoms with Crippen LogP contribution in [0.4, 0.5) is 0 Å². The first-order chi connectivity index (χ1) is 8.15. The van der Waals surface area contributed by atoms with Crippen LogP contribution in [0.5, 0.6) is 0 Å². The van der Waals surface area contributed by atoms with Crippen LogP contribution in [0.25, 0.3) is 10.9 Å². The zero-order valence-electron chi connectivity index (χ0n) is 9.01. The third-order valence-electron chi connectivity index (χ3n) is 3.12. The largest absolute Gasteiger partial charge is 0.236 e. The number of benzene rings is 1. The Balaban J connectivity index is 2.20. The standard InChI is InChI=1S/C13H10Cl2IN/c14-12-9-6-8(16)3-4-11(9)17-13(15)10(12)5-7-1-2-7/h3-4,6-7H,1-2,5H2. The molecule has 1 saturated carbocycles. The lowest BCUT2D eigenvalue weighted by molar-refractivity contribution is 0.830. The van der Waals surface area contributed by atoms with Crippen molar-refractivity contribution >= 4 is 56.7 Å². The second kappa shape index (κ2) is 4.56. The topological polar surface area (TPSA) is 12.9 Å². The molecule has 0 aliphatic heterocycles. The second-order valence-corrected chi connectivity index (χ2v) is 6.49. The van der Waals surface area contributed by atoms with Crippen molar-refractivity contribution in [1.82, 2.24) is 4.98 Å². The van der Waals surface area contributed by atoms with Gasteiger partial charge in [0, 0.05) is 14.5 Å². The lowest BCUT2D eigenvalue weighted by atomic mass is 10.1. The molecule has 88 valence electrons. The minimum absolute atomic E-state index is 0.565. The molecule has 0 saturated heterocycles. The fourth-order valence-corrected chi connectivity index (χ4v) is 3.11. The number of pyridine rings is 1. The fraction of sp³-hybridized carbons (Fsp3) is 0.308. The number of hydrogen-bond acceptors (Lipinski definition) is 1. The maximum atomic E-state index is 6.46. The number of rotatable bonds is 2. The molecule has 0 spiro atoms. The van der Waals surface area contributed by atoms with Crippen LogP contribution in [0, 0.1) is 9.49 Å². The molecule has 4 heteroatoms. The number of hydrogen-bond donors (Lipinski definition) is 0. The summed E-state index contributed by atoms with van der Waals surface area (Å²) in [6, 6.07) is 6.05. The minimum atomic E-state index is 0.565. The molecule has 0 bridgehead atoms. The van der Waals surface area contributed by atoms with Crippen LogP contribution in [-0.2, 0) is 6.42 Å². The van der Waals surface area contributed by atoms with Gasteiger partial charge in [0.1, 0.15) is 5.15 Å². The molecule has 1 aromatic carbocycles. The fourth-order valence-electron chi connectivity index (χ4n) is 1.99. The van der Waals surface area contributed by atoms with E-state index in [-0.39, 0.29) is 0 Å². The van der Waals surface area contributed by atoms with Crippen LogP contribution >= 0.6 is 45.8 Å². The molecular formula is C13H10Cl2IN. The van der Waals surface area contributed by atoms with Gasteiger partial charge >= 0.3 is 0 Å². The normalized spacial score (nSPS) is 15.5. The van der Waals surface area contributed by atoms with Crippen molar-refractivity contribution in [3.63, 3.8) is 0 Å². The molecule has 0 N–H and O–H groups in total. The molecule has 1 heterocycles. The van der Waals surface area contributed by atoms with Gasteiger partial charge in [0.05, 0.1) is 10.5 Å². The maximum absolute atomic E-state index is 6.46. The summed E-state index contributed by atoms with van der Waals surface area (Å²) in [6.45, 7) is 0. The first-order valence-electron chi connectivity index (χ1n) is 5.58. The van der Waals surface area contributed by atoms with E-state index in [0.717, 1.165) is 33.8 Å². The van der Waals surface area contributed by atoms with E-state index >= 15 is 0 Å². The zero-order valence-corrected chi connectivity index (χ0v) is 12.7. The van der Waals surface area contributed by atoms with E-state index < -0.39 is 0 Å². The van der Waals surface area contributed by atoms with Crippen molar-refractivity contribution in [1.29, 1.82) is 0 Å². The van der Waals surface area contributed by atoms with Crippen LogP contribution in [0.2, 0.25) is 10.2 Å². The van der Waals surface area contributed by atoms with E-state index in [1.807, 2.05) is 12.1 Å². The maximum Gasteiger partial charge on any atom is 0.134 e. The van der Waals surface area contributed by atoms with Gasteiger partial charge in [0.15, 0.2) is 0 Å². The third kappa shape index (κ3) is 2.40. The highest BCUT2D eigenvalue weighted by Gasteiger charge is 2.25. The van der Waals surface area contributed by atoms with E-state index in [2.05, 4.69) is 33.6 Å². The predicted octanol–water partition coefficient (Wildman–Crippen LogP) is 5.10. The van der Waals surface area contributed by atoms with Gasteiger partial charge in [-0.2, -0.15) is 0 Å².